The minimum atomic E-state index is 0.616. The first-order chi connectivity index (χ1) is 7.29. The second-order valence-electron chi connectivity index (χ2n) is 3.94. The number of rotatable bonds is 4. The van der Waals surface area contributed by atoms with Crippen LogP contribution in [0.4, 0.5) is 0 Å². The maximum atomic E-state index is 5.56. The van der Waals surface area contributed by atoms with Crippen LogP contribution in [0.15, 0.2) is 18.2 Å². The van der Waals surface area contributed by atoms with E-state index in [-0.39, 0.29) is 0 Å². The summed E-state index contributed by atoms with van der Waals surface area (Å²) in [5.74, 6) is 0.945. The molecule has 15 heavy (non-hydrogen) atoms. The third kappa shape index (κ3) is 2.49. The van der Waals surface area contributed by atoms with E-state index in [4.69, 9.17) is 9.47 Å². The molecule has 0 atom stereocenters. The van der Waals surface area contributed by atoms with Gasteiger partial charge in [0.25, 0.3) is 0 Å². The summed E-state index contributed by atoms with van der Waals surface area (Å²) in [6, 6.07) is 6.32. The highest BCUT2D eigenvalue weighted by Gasteiger charge is 2.15. The summed E-state index contributed by atoms with van der Waals surface area (Å²) in [6.45, 7) is 3.33. The molecule has 0 saturated heterocycles. The Morgan fingerprint density at radius 3 is 2.80 bits per heavy atom. The van der Waals surface area contributed by atoms with E-state index >= 15 is 0 Å². The predicted octanol–water partition coefficient (Wildman–Crippen LogP) is 1.66. The van der Waals surface area contributed by atoms with Gasteiger partial charge in [-0.2, -0.15) is 0 Å². The number of benzene rings is 1. The summed E-state index contributed by atoms with van der Waals surface area (Å²) in [6.07, 6.45) is 0. The van der Waals surface area contributed by atoms with Gasteiger partial charge in [-0.25, -0.2) is 0 Å². The van der Waals surface area contributed by atoms with Crippen LogP contribution in [0.5, 0.6) is 5.75 Å². The Bertz CT molecular complexity index is 338. The Balaban J connectivity index is 2.00. The minimum absolute atomic E-state index is 0.616. The van der Waals surface area contributed by atoms with Crippen LogP contribution < -0.4 is 4.74 Å². The highest BCUT2D eigenvalue weighted by molar-refractivity contribution is 5.37. The lowest BCUT2D eigenvalue weighted by atomic mass is 10.1. The molecule has 0 fully saturated rings. The largest absolute Gasteiger partial charge is 0.491 e. The van der Waals surface area contributed by atoms with Crippen molar-refractivity contribution in [1.82, 2.24) is 4.90 Å². The van der Waals surface area contributed by atoms with Crippen molar-refractivity contribution in [2.24, 2.45) is 0 Å². The van der Waals surface area contributed by atoms with Gasteiger partial charge in [-0.1, -0.05) is 6.07 Å². The quantitative estimate of drug-likeness (QED) is 0.701. The van der Waals surface area contributed by atoms with Gasteiger partial charge in [0.05, 0.1) is 6.61 Å². The third-order valence-corrected chi connectivity index (χ3v) is 2.61. The van der Waals surface area contributed by atoms with Crippen LogP contribution in [0.2, 0.25) is 0 Å². The number of nitrogens with zero attached hydrogens (tertiary/aromatic N) is 1. The molecule has 1 aromatic carbocycles. The molecule has 1 aliphatic heterocycles. The van der Waals surface area contributed by atoms with Gasteiger partial charge in [0, 0.05) is 20.2 Å². The fourth-order valence-corrected chi connectivity index (χ4v) is 1.87. The highest BCUT2D eigenvalue weighted by Crippen LogP contribution is 2.25. The van der Waals surface area contributed by atoms with Gasteiger partial charge in [-0.3, -0.25) is 4.90 Å². The molecule has 0 amide bonds. The number of ether oxygens (including phenoxy) is 2. The van der Waals surface area contributed by atoms with Gasteiger partial charge in [0.2, 0.25) is 0 Å². The molecule has 82 valence electrons. The lowest BCUT2D eigenvalue weighted by molar-refractivity contribution is 0.146. The molecule has 0 saturated carbocycles. The molecule has 2 rings (SSSR count). The van der Waals surface area contributed by atoms with Crippen LogP contribution in [0.1, 0.15) is 11.1 Å². The average molecular weight is 207 g/mol. The highest BCUT2D eigenvalue weighted by atomic mass is 16.5. The van der Waals surface area contributed by atoms with Gasteiger partial charge >= 0.3 is 0 Å². The lowest BCUT2D eigenvalue weighted by Gasteiger charge is -2.06. The van der Waals surface area contributed by atoms with E-state index in [0.717, 1.165) is 18.8 Å². The normalized spacial score (nSPS) is 15.3. The van der Waals surface area contributed by atoms with Crippen molar-refractivity contribution in [2.75, 3.05) is 27.4 Å². The summed E-state index contributed by atoms with van der Waals surface area (Å²) in [4.78, 5) is 2.30. The summed E-state index contributed by atoms with van der Waals surface area (Å²) in [5, 5.41) is 0. The van der Waals surface area contributed by atoms with Crippen molar-refractivity contribution >= 4 is 0 Å². The van der Waals surface area contributed by atoms with Gasteiger partial charge in [0.1, 0.15) is 12.4 Å². The fourth-order valence-electron chi connectivity index (χ4n) is 1.87. The van der Waals surface area contributed by atoms with E-state index in [9.17, 15) is 0 Å². The molecular formula is C12H17NO2. The van der Waals surface area contributed by atoms with Gasteiger partial charge in [-0.05, 0) is 30.3 Å². The molecule has 3 nitrogen and oxygen atoms in total. The zero-order valence-electron chi connectivity index (χ0n) is 9.32. The van der Waals surface area contributed by atoms with Crippen LogP contribution in [0.25, 0.3) is 0 Å². The fraction of sp³-hybridized carbons (Fsp3) is 0.500. The van der Waals surface area contributed by atoms with Crippen molar-refractivity contribution in [2.45, 2.75) is 13.1 Å². The summed E-state index contributed by atoms with van der Waals surface area (Å²) < 4.78 is 10.5. The standard InChI is InChI=1S/C12H17NO2/c1-13-8-10-3-4-12(7-11(10)9-13)15-6-5-14-2/h3-4,7H,5-6,8-9H2,1-2H3. The van der Waals surface area contributed by atoms with Gasteiger partial charge in [-0.15, -0.1) is 0 Å². The molecule has 0 bridgehead atoms. The van der Waals surface area contributed by atoms with Crippen LogP contribution >= 0.6 is 0 Å². The first-order valence-electron chi connectivity index (χ1n) is 5.21. The molecule has 0 unspecified atom stereocenters. The second kappa shape index (κ2) is 4.64. The summed E-state index contributed by atoms with van der Waals surface area (Å²) >= 11 is 0. The number of hydrogen-bond acceptors (Lipinski definition) is 3. The Morgan fingerprint density at radius 1 is 1.20 bits per heavy atom. The maximum absolute atomic E-state index is 5.56. The van der Waals surface area contributed by atoms with E-state index < -0.39 is 0 Å². The van der Waals surface area contributed by atoms with E-state index in [1.54, 1.807) is 7.11 Å². The minimum Gasteiger partial charge on any atom is -0.491 e. The van der Waals surface area contributed by atoms with E-state index in [0.29, 0.717) is 13.2 Å². The van der Waals surface area contributed by atoms with Gasteiger partial charge < -0.3 is 9.47 Å². The maximum Gasteiger partial charge on any atom is 0.119 e. The Labute approximate surface area is 90.6 Å². The van der Waals surface area contributed by atoms with Crippen molar-refractivity contribution in [3.05, 3.63) is 29.3 Å². The second-order valence-corrected chi connectivity index (χ2v) is 3.94. The molecule has 1 aliphatic rings. The summed E-state index contributed by atoms with van der Waals surface area (Å²) in [7, 11) is 3.81. The molecule has 1 heterocycles. The monoisotopic (exact) mass is 207 g/mol. The van der Waals surface area contributed by atoms with E-state index in [1.165, 1.54) is 11.1 Å². The number of hydrogen-bond donors (Lipinski definition) is 0. The molecular weight excluding hydrogens is 190 g/mol. The molecule has 3 heteroatoms. The first kappa shape index (κ1) is 10.5. The molecule has 0 radical (unpaired) electrons. The Morgan fingerprint density at radius 2 is 2.00 bits per heavy atom. The van der Waals surface area contributed by atoms with Gasteiger partial charge in [0.15, 0.2) is 0 Å². The van der Waals surface area contributed by atoms with E-state index in [1.807, 2.05) is 6.07 Å². The van der Waals surface area contributed by atoms with Crippen molar-refractivity contribution in [3.8, 4) is 5.75 Å². The Kier molecular flexibility index (Phi) is 3.23. The van der Waals surface area contributed by atoms with E-state index in [2.05, 4.69) is 24.1 Å². The number of fused-ring (bicyclic) bond motifs is 1. The Hall–Kier alpha value is -1.06. The lowest BCUT2D eigenvalue weighted by Crippen LogP contribution is -2.07. The zero-order valence-corrected chi connectivity index (χ0v) is 9.32. The predicted molar refractivity (Wildman–Crippen MR) is 59.0 cm³/mol. The topological polar surface area (TPSA) is 21.7 Å². The summed E-state index contributed by atoms with van der Waals surface area (Å²) in [5.41, 5.74) is 2.80. The SMILES string of the molecule is COCCOc1ccc2c(c1)CN(C)C2. The van der Waals surface area contributed by atoms with Crippen LogP contribution in [-0.4, -0.2) is 32.3 Å². The first-order valence-corrected chi connectivity index (χ1v) is 5.21. The van der Waals surface area contributed by atoms with Crippen molar-refractivity contribution in [3.63, 3.8) is 0 Å². The molecule has 1 aromatic rings. The zero-order chi connectivity index (χ0) is 10.7. The smallest absolute Gasteiger partial charge is 0.119 e. The van der Waals surface area contributed by atoms with Crippen LogP contribution in [0, 0.1) is 0 Å². The average Bonchev–Trinajstić information content (AvgIpc) is 2.57. The van der Waals surface area contributed by atoms with Crippen molar-refractivity contribution < 1.29 is 9.47 Å². The molecule has 0 N–H and O–H groups in total. The number of methoxy groups -OCH3 is 1. The third-order valence-electron chi connectivity index (χ3n) is 2.61. The molecule has 0 spiro atoms. The van der Waals surface area contributed by atoms with Crippen molar-refractivity contribution in [1.29, 1.82) is 0 Å². The molecule has 0 aromatic heterocycles. The molecule has 0 aliphatic carbocycles. The van der Waals surface area contributed by atoms with Crippen LogP contribution in [-0.2, 0) is 17.8 Å². The van der Waals surface area contributed by atoms with Crippen LogP contribution in [0.3, 0.4) is 0 Å².